The van der Waals surface area contributed by atoms with Crippen molar-refractivity contribution >= 4 is 29.3 Å². The molecule has 1 aliphatic rings. The van der Waals surface area contributed by atoms with Gasteiger partial charge in [-0.15, -0.1) is 0 Å². The Hall–Kier alpha value is -3.14. The van der Waals surface area contributed by atoms with E-state index in [9.17, 15) is 18.0 Å². The number of benzene rings is 1. The number of aromatic nitrogens is 3. The summed E-state index contributed by atoms with van der Waals surface area (Å²) in [5.74, 6) is 0.501. The van der Waals surface area contributed by atoms with Crippen LogP contribution in [0.15, 0.2) is 59.9 Å². The molecule has 0 bridgehead atoms. The van der Waals surface area contributed by atoms with Crippen LogP contribution in [0.2, 0.25) is 0 Å². The van der Waals surface area contributed by atoms with E-state index in [4.69, 9.17) is 0 Å². The fraction of sp³-hybridized carbons (Fsp3) is 0.238. The molecule has 2 heterocycles. The van der Waals surface area contributed by atoms with Gasteiger partial charge in [-0.2, -0.15) is 13.2 Å². The first-order chi connectivity index (χ1) is 14.9. The number of halogens is 3. The topological polar surface area (TPSA) is 79.8 Å². The average Bonchev–Trinajstić information content (AvgIpc) is 3.56. The van der Waals surface area contributed by atoms with Crippen LogP contribution in [-0.4, -0.2) is 26.9 Å². The summed E-state index contributed by atoms with van der Waals surface area (Å²) in [5.41, 5.74) is 0.282. The Kier molecular flexibility index (Phi) is 6.08. The lowest BCUT2D eigenvalue weighted by Crippen LogP contribution is -2.14. The van der Waals surface area contributed by atoms with Crippen molar-refractivity contribution in [2.45, 2.75) is 35.8 Å². The third-order valence-electron chi connectivity index (χ3n) is 4.44. The molecule has 1 fully saturated rings. The van der Waals surface area contributed by atoms with E-state index in [2.05, 4.69) is 25.6 Å². The SMILES string of the molecule is O=C(Nc1cccc(C(F)(F)F)c1)c1cccnc1SCc1ccnc(NC2CC2)n1. The van der Waals surface area contributed by atoms with Gasteiger partial charge < -0.3 is 10.6 Å². The molecule has 1 saturated carbocycles. The summed E-state index contributed by atoms with van der Waals surface area (Å²) in [5, 5.41) is 6.21. The minimum Gasteiger partial charge on any atom is -0.351 e. The summed E-state index contributed by atoms with van der Waals surface area (Å²) in [6.07, 6.45) is 0.971. The van der Waals surface area contributed by atoms with Crippen LogP contribution in [0.1, 0.15) is 34.5 Å². The summed E-state index contributed by atoms with van der Waals surface area (Å²) in [6, 6.07) is 9.92. The number of thioether (sulfide) groups is 1. The number of alkyl halides is 3. The largest absolute Gasteiger partial charge is 0.416 e. The molecule has 1 amide bonds. The minimum absolute atomic E-state index is 0.0613. The second-order valence-corrected chi connectivity index (χ2v) is 7.93. The number of carbonyl (C=O) groups is 1. The average molecular weight is 445 g/mol. The normalized spacial score (nSPS) is 13.6. The lowest BCUT2D eigenvalue weighted by molar-refractivity contribution is -0.137. The molecule has 0 radical (unpaired) electrons. The highest BCUT2D eigenvalue weighted by Crippen LogP contribution is 2.31. The number of nitrogens with zero attached hydrogens (tertiary/aromatic N) is 3. The van der Waals surface area contributed by atoms with Crippen molar-refractivity contribution in [3.63, 3.8) is 0 Å². The van der Waals surface area contributed by atoms with Crippen molar-refractivity contribution in [3.8, 4) is 0 Å². The summed E-state index contributed by atoms with van der Waals surface area (Å²) in [7, 11) is 0. The zero-order valence-corrected chi connectivity index (χ0v) is 17.0. The van der Waals surface area contributed by atoms with Gasteiger partial charge in [0.05, 0.1) is 16.8 Å². The van der Waals surface area contributed by atoms with E-state index in [1.165, 1.54) is 23.9 Å². The molecule has 3 aromatic rings. The van der Waals surface area contributed by atoms with E-state index < -0.39 is 17.6 Å². The van der Waals surface area contributed by atoms with Crippen molar-refractivity contribution in [1.29, 1.82) is 0 Å². The maximum atomic E-state index is 12.9. The highest BCUT2D eigenvalue weighted by molar-refractivity contribution is 7.98. The summed E-state index contributed by atoms with van der Waals surface area (Å²) in [6.45, 7) is 0. The highest BCUT2D eigenvalue weighted by atomic mass is 32.2. The van der Waals surface area contributed by atoms with E-state index >= 15 is 0 Å². The molecule has 1 aromatic carbocycles. The third-order valence-corrected chi connectivity index (χ3v) is 5.48. The first kappa shape index (κ1) is 21.1. The van der Waals surface area contributed by atoms with Gasteiger partial charge in [0.1, 0.15) is 5.03 Å². The lowest BCUT2D eigenvalue weighted by Gasteiger charge is -2.11. The molecule has 6 nitrogen and oxygen atoms in total. The Morgan fingerprint density at radius 1 is 1.10 bits per heavy atom. The van der Waals surface area contributed by atoms with Crippen LogP contribution in [0.5, 0.6) is 0 Å². The number of amides is 1. The van der Waals surface area contributed by atoms with Gasteiger partial charge in [0.25, 0.3) is 5.91 Å². The minimum atomic E-state index is -4.49. The molecule has 0 spiro atoms. The predicted octanol–water partition coefficient (Wildman–Crippen LogP) is 5.01. The Morgan fingerprint density at radius 3 is 2.71 bits per heavy atom. The first-order valence-corrected chi connectivity index (χ1v) is 10.5. The zero-order valence-electron chi connectivity index (χ0n) is 16.2. The van der Waals surface area contributed by atoms with Crippen molar-refractivity contribution in [2.75, 3.05) is 10.6 Å². The molecule has 0 aliphatic heterocycles. The van der Waals surface area contributed by atoms with Crippen LogP contribution in [0.4, 0.5) is 24.8 Å². The molecule has 4 rings (SSSR count). The molecule has 1 aliphatic carbocycles. The number of pyridine rings is 1. The van der Waals surface area contributed by atoms with Crippen LogP contribution in [0.25, 0.3) is 0 Å². The molecule has 10 heteroatoms. The lowest BCUT2D eigenvalue weighted by atomic mass is 10.2. The molecule has 31 heavy (non-hydrogen) atoms. The van der Waals surface area contributed by atoms with Gasteiger partial charge in [-0.05, 0) is 49.2 Å². The molecule has 2 aromatic heterocycles. The fourth-order valence-electron chi connectivity index (χ4n) is 2.75. The Morgan fingerprint density at radius 2 is 1.94 bits per heavy atom. The Balaban J connectivity index is 1.45. The highest BCUT2D eigenvalue weighted by Gasteiger charge is 2.30. The number of hydrogen-bond acceptors (Lipinski definition) is 6. The number of anilines is 2. The van der Waals surface area contributed by atoms with Gasteiger partial charge in [0.15, 0.2) is 0 Å². The molecule has 0 unspecified atom stereocenters. The van der Waals surface area contributed by atoms with Crippen LogP contribution in [0.3, 0.4) is 0 Å². The van der Waals surface area contributed by atoms with E-state index in [1.54, 1.807) is 30.6 Å². The van der Waals surface area contributed by atoms with E-state index in [0.717, 1.165) is 30.7 Å². The van der Waals surface area contributed by atoms with Crippen molar-refractivity contribution < 1.29 is 18.0 Å². The predicted molar refractivity (Wildman–Crippen MR) is 112 cm³/mol. The Labute approximate surface area is 180 Å². The number of hydrogen-bond donors (Lipinski definition) is 2. The van der Waals surface area contributed by atoms with Crippen LogP contribution in [-0.2, 0) is 11.9 Å². The van der Waals surface area contributed by atoms with Crippen LogP contribution < -0.4 is 10.6 Å². The molecular weight excluding hydrogens is 427 g/mol. The van der Waals surface area contributed by atoms with E-state index in [-0.39, 0.29) is 11.3 Å². The van der Waals surface area contributed by atoms with Crippen LogP contribution in [0, 0.1) is 0 Å². The smallest absolute Gasteiger partial charge is 0.351 e. The van der Waals surface area contributed by atoms with Crippen molar-refractivity contribution in [1.82, 2.24) is 15.0 Å². The molecule has 0 atom stereocenters. The zero-order chi connectivity index (χ0) is 21.8. The monoisotopic (exact) mass is 445 g/mol. The van der Waals surface area contributed by atoms with Crippen molar-refractivity contribution in [2.24, 2.45) is 0 Å². The molecular formula is C21H18F3N5OS. The van der Waals surface area contributed by atoms with Gasteiger partial charge in [-0.3, -0.25) is 4.79 Å². The maximum Gasteiger partial charge on any atom is 0.416 e. The van der Waals surface area contributed by atoms with Gasteiger partial charge in [0.2, 0.25) is 5.95 Å². The van der Waals surface area contributed by atoms with Gasteiger partial charge in [-0.25, -0.2) is 15.0 Å². The molecule has 2 N–H and O–H groups in total. The number of rotatable bonds is 7. The molecule has 0 saturated heterocycles. The molecule has 160 valence electrons. The van der Waals surface area contributed by atoms with Gasteiger partial charge in [0, 0.05) is 29.9 Å². The van der Waals surface area contributed by atoms with Gasteiger partial charge >= 0.3 is 6.18 Å². The summed E-state index contributed by atoms with van der Waals surface area (Å²) < 4.78 is 38.7. The quantitative estimate of drug-likeness (QED) is 0.498. The second kappa shape index (κ2) is 8.93. The second-order valence-electron chi connectivity index (χ2n) is 6.97. The van der Waals surface area contributed by atoms with E-state index in [0.29, 0.717) is 22.8 Å². The maximum absolute atomic E-state index is 12.9. The third kappa shape index (κ3) is 5.72. The van der Waals surface area contributed by atoms with Gasteiger partial charge in [-0.1, -0.05) is 17.8 Å². The fourth-order valence-corrected chi connectivity index (χ4v) is 3.65. The number of nitrogens with one attached hydrogen (secondary N) is 2. The Bertz CT molecular complexity index is 1090. The van der Waals surface area contributed by atoms with E-state index in [1.807, 2.05) is 0 Å². The summed E-state index contributed by atoms with van der Waals surface area (Å²) in [4.78, 5) is 25.6. The summed E-state index contributed by atoms with van der Waals surface area (Å²) >= 11 is 1.32. The number of carbonyl (C=O) groups excluding carboxylic acids is 1. The van der Waals surface area contributed by atoms with Crippen LogP contribution >= 0.6 is 11.8 Å². The first-order valence-electron chi connectivity index (χ1n) is 9.53. The standard InChI is InChI=1S/C21H18F3N5OS/c22-21(23,24)13-3-1-4-15(11-13)27-18(30)17-5-2-9-25-19(17)31-12-16-8-10-26-20(29-16)28-14-6-7-14/h1-5,8-11,14H,6-7,12H2,(H,27,30)(H,26,28,29). The van der Waals surface area contributed by atoms with Crippen molar-refractivity contribution in [3.05, 3.63) is 71.7 Å².